The zero-order chi connectivity index (χ0) is 14.7. The van der Waals surface area contributed by atoms with E-state index in [4.69, 9.17) is 0 Å². The molecular weight excluding hydrogens is 260 g/mol. The van der Waals surface area contributed by atoms with E-state index in [0.717, 1.165) is 38.4 Å². The molecule has 0 radical (unpaired) electrons. The van der Waals surface area contributed by atoms with E-state index in [1.165, 1.54) is 24.8 Å². The molecule has 1 saturated heterocycles. The van der Waals surface area contributed by atoms with Gasteiger partial charge in [-0.25, -0.2) is 0 Å². The van der Waals surface area contributed by atoms with Gasteiger partial charge in [0.1, 0.15) is 0 Å². The Labute approximate surface area is 127 Å². The van der Waals surface area contributed by atoms with Crippen LogP contribution in [0.3, 0.4) is 0 Å². The quantitative estimate of drug-likeness (QED) is 0.922. The molecule has 3 nitrogen and oxygen atoms in total. The van der Waals surface area contributed by atoms with Crippen molar-refractivity contribution in [2.24, 2.45) is 5.92 Å². The molecule has 0 bridgehead atoms. The number of nitrogens with one attached hydrogen (secondary N) is 1. The fourth-order valence-corrected chi connectivity index (χ4v) is 3.75. The lowest BCUT2D eigenvalue weighted by Gasteiger charge is -2.41. The summed E-state index contributed by atoms with van der Waals surface area (Å²) in [6.45, 7) is 2.79. The molecule has 3 heteroatoms. The zero-order valence-corrected chi connectivity index (χ0v) is 13.0. The van der Waals surface area contributed by atoms with Crippen LogP contribution in [0.25, 0.3) is 0 Å². The van der Waals surface area contributed by atoms with Gasteiger partial charge in [0, 0.05) is 13.6 Å². The standard InChI is InChI=1S/C18H26N2O/c1-20(14-15-6-5-7-15)17(21)18(10-12-19-13-11-18)16-8-3-2-4-9-16/h2-4,8-9,15,19H,5-7,10-14H2,1H3. The smallest absolute Gasteiger partial charge is 0.233 e. The first kappa shape index (κ1) is 14.6. The average Bonchev–Trinajstić information content (AvgIpc) is 2.51. The van der Waals surface area contributed by atoms with Crippen molar-refractivity contribution in [3.8, 4) is 0 Å². The highest BCUT2D eigenvalue weighted by atomic mass is 16.2. The SMILES string of the molecule is CN(CC1CCC1)C(=O)C1(c2ccccc2)CCNCC1. The lowest BCUT2D eigenvalue weighted by molar-refractivity contribution is -0.138. The predicted octanol–water partition coefficient (Wildman–Crippen LogP) is 2.57. The summed E-state index contributed by atoms with van der Waals surface area (Å²) in [6.07, 6.45) is 5.73. The highest BCUT2D eigenvalue weighted by Gasteiger charge is 2.43. The minimum absolute atomic E-state index is 0.314. The van der Waals surface area contributed by atoms with Gasteiger partial charge in [-0.15, -0.1) is 0 Å². The minimum atomic E-state index is -0.314. The van der Waals surface area contributed by atoms with Crippen LogP contribution in [0.5, 0.6) is 0 Å². The molecule has 114 valence electrons. The number of hydrogen-bond donors (Lipinski definition) is 1. The van der Waals surface area contributed by atoms with Crippen LogP contribution in [-0.2, 0) is 10.2 Å². The fraction of sp³-hybridized carbons (Fsp3) is 0.611. The summed E-state index contributed by atoms with van der Waals surface area (Å²) in [4.78, 5) is 15.2. The van der Waals surface area contributed by atoms with E-state index >= 15 is 0 Å². The monoisotopic (exact) mass is 286 g/mol. The number of nitrogens with zero attached hydrogens (tertiary/aromatic N) is 1. The van der Waals surface area contributed by atoms with E-state index in [-0.39, 0.29) is 5.41 Å². The summed E-state index contributed by atoms with van der Waals surface area (Å²) in [5, 5.41) is 3.40. The van der Waals surface area contributed by atoms with Crippen molar-refractivity contribution < 1.29 is 4.79 Å². The third-order valence-electron chi connectivity index (χ3n) is 5.30. The van der Waals surface area contributed by atoms with Gasteiger partial charge in [-0.1, -0.05) is 36.8 Å². The Balaban J connectivity index is 1.82. The summed E-state index contributed by atoms with van der Waals surface area (Å²) in [5.74, 6) is 1.05. The molecule has 1 aromatic carbocycles. The third-order valence-corrected chi connectivity index (χ3v) is 5.30. The third kappa shape index (κ3) is 2.84. The summed E-state index contributed by atoms with van der Waals surface area (Å²) in [5.41, 5.74) is 0.877. The molecule has 1 N–H and O–H groups in total. The number of rotatable bonds is 4. The average molecular weight is 286 g/mol. The first-order valence-electron chi connectivity index (χ1n) is 8.24. The van der Waals surface area contributed by atoms with E-state index in [9.17, 15) is 4.79 Å². The Morgan fingerprint density at radius 2 is 1.90 bits per heavy atom. The summed E-state index contributed by atoms with van der Waals surface area (Å²) in [6, 6.07) is 10.4. The number of piperidine rings is 1. The molecule has 21 heavy (non-hydrogen) atoms. The number of carbonyl (C=O) groups is 1. The van der Waals surface area contributed by atoms with Crippen molar-refractivity contribution in [2.45, 2.75) is 37.5 Å². The molecule has 3 rings (SSSR count). The largest absolute Gasteiger partial charge is 0.345 e. The van der Waals surface area contributed by atoms with Gasteiger partial charge >= 0.3 is 0 Å². The number of amides is 1. The van der Waals surface area contributed by atoms with Crippen LogP contribution in [0, 0.1) is 5.92 Å². The maximum atomic E-state index is 13.2. The van der Waals surface area contributed by atoms with Gasteiger partial charge in [-0.05, 0) is 50.3 Å². The number of carbonyl (C=O) groups excluding carboxylic acids is 1. The number of hydrogen-bond acceptors (Lipinski definition) is 2. The van der Waals surface area contributed by atoms with Crippen molar-refractivity contribution in [3.05, 3.63) is 35.9 Å². The zero-order valence-electron chi connectivity index (χ0n) is 13.0. The Kier molecular flexibility index (Phi) is 4.29. The topological polar surface area (TPSA) is 32.3 Å². The molecular formula is C18H26N2O. The summed E-state index contributed by atoms with van der Waals surface area (Å²) >= 11 is 0. The van der Waals surface area contributed by atoms with Crippen molar-refractivity contribution in [3.63, 3.8) is 0 Å². The first-order chi connectivity index (χ1) is 10.2. The van der Waals surface area contributed by atoms with E-state index in [2.05, 4.69) is 29.6 Å². The molecule has 2 fully saturated rings. The first-order valence-corrected chi connectivity index (χ1v) is 8.24. The summed E-state index contributed by atoms with van der Waals surface area (Å²) < 4.78 is 0. The normalized spacial score (nSPS) is 21.6. The van der Waals surface area contributed by atoms with Gasteiger partial charge in [0.25, 0.3) is 0 Å². The Hall–Kier alpha value is -1.35. The Morgan fingerprint density at radius 3 is 2.48 bits per heavy atom. The molecule has 1 saturated carbocycles. The highest BCUT2D eigenvalue weighted by Crippen LogP contribution is 2.36. The molecule has 1 aromatic rings. The molecule has 1 heterocycles. The number of benzene rings is 1. The van der Waals surface area contributed by atoms with Crippen LogP contribution < -0.4 is 5.32 Å². The minimum Gasteiger partial charge on any atom is -0.345 e. The molecule has 1 amide bonds. The van der Waals surface area contributed by atoms with Gasteiger partial charge in [0.05, 0.1) is 5.41 Å². The van der Waals surface area contributed by atoms with E-state index in [0.29, 0.717) is 5.91 Å². The Bertz CT molecular complexity index is 475. The van der Waals surface area contributed by atoms with E-state index in [1.54, 1.807) is 0 Å². The maximum Gasteiger partial charge on any atom is 0.233 e. The van der Waals surface area contributed by atoms with Crippen LogP contribution in [0.15, 0.2) is 30.3 Å². The van der Waals surface area contributed by atoms with Crippen LogP contribution in [0.4, 0.5) is 0 Å². The van der Waals surface area contributed by atoms with E-state index in [1.807, 2.05) is 18.0 Å². The highest BCUT2D eigenvalue weighted by molar-refractivity contribution is 5.88. The Morgan fingerprint density at radius 1 is 1.24 bits per heavy atom. The van der Waals surface area contributed by atoms with Gasteiger partial charge < -0.3 is 10.2 Å². The van der Waals surface area contributed by atoms with Gasteiger partial charge in [-0.2, -0.15) is 0 Å². The maximum absolute atomic E-state index is 13.2. The lowest BCUT2D eigenvalue weighted by Crippen LogP contribution is -2.52. The molecule has 0 unspecified atom stereocenters. The molecule has 0 aromatic heterocycles. The lowest BCUT2D eigenvalue weighted by atomic mass is 9.71. The molecule has 0 spiro atoms. The van der Waals surface area contributed by atoms with Gasteiger partial charge in [0.2, 0.25) is 5.91 Å². The van der Waals surface area contributed by atoms with Gasteiger partial charge in [-0.3, -0.25) is 4.79 Å². The second-order valence-electron chi connectivity index (χ2n) is 6.68. The number of likely N-dealkylation sites (N-methyl/N-ethyl adjacent to an activating group) is 1. The van der Waals surface area contributed by atoms with Gasteiger partial charge in [0.15, 0.2) is 0 Å². The van der Waals surface area contributed by atoms with Crippen LogP contribution in [0.1, 0.15) is 37.7 Å². The molecule has 2 aliphatic rings. The molecule has 0 atom stereocenters. The van der Waals surface area contributed by atoms with Crippen LogP contribution >= 0.6 is 0 Å². The van der Waals surface area contributed by atoms with Crippen molar-refractivity contribution >= 4 is 5.91 Å². The van der Waals surface area contributed by atoms with Crippen molar-refractivity contribution in [2.75, 3.05) is 26.7 Å². The second kappa shape index (κ2) is 6.18. The van der Waals surface area contributed by atoms with Crippen LogP contribution in [0.2, 0.25) is 0 Å². The van der Waals surface area contributed by atoms with Crippen molar-refractivity contribution in [1.82, 2.24) is 10.2 Å². The summed E-state index contributed by atoms with van der Waals surface area (Å²) in [7, 11) is 1.99. The predicted molar refractivity (Wildman–Crippen MR) is 85.2 cm³/mol. The molecule has 1 aliphatic heterocycles. The van der Waals surface area contributed by atoms with Crippen molar-refractivity contribution in [1.29, 1.82) is 0 Å². The fourth-order valence-electron chi connectivity index (χ4n) is 3.75. The van der Waals surface area contributed by atoms with E-state index < -0.39 is 0 Å². The molecule has 1 aliphatic carbocycles. The van der Waals surface area contributed by atoms with Crippen LogP contribution in [-0.4, -0.2) is 37.5 Å². The second-order valence-corrected chi connectivity index (χ2v) is 6.68.